The van der Waals surface area contributed by atoms with Crippen LogP contribution in [0.25, 0.3) is 0 Å². The van der Waals surface area contributed by atoms with Crippen molar-refractivity contribution in [3.63, 3.8) is 0 Å². The molecule has 0 radical (unpaired) electrons. The number of phenols is 1. The maximum absolute atomic E-state index is 12.6. The number of rotatable bonds is 3. The van der Waals surface area contributed by atoms with Gasteiger partial charge in [0, 0.05) is 24.2 Å². The van der Waals surface area contributed by atoms with Gasteiger partial charge in [-0.05, 0) is 66.7 Å². The molecule has 0 heterocycles. The average Bonchev–Trinajstić information content (AvgIpc) is 2.44. The number of nitrogens with two attached hydrogens (primary N) is 1. The number of halogens is 1. The molecular weight excluding hydrogens is 320 g/mol. The maximum Gasteiger partial charge on any atom is 0.254 e. The molecule has 1 aromatic rings. The molecule has 1 amide bonds. The smallest absolute Gasteiger partial charge is 0.254 e. The van der Waals surface area contributed by atoms with Gasteiger partial charge in [0.15, 0.2) is 0 Å². The Morgan fingerprint density at radius 2 is 2.05 bits per heavy atom. The van der Waals surface area contributed by atoms with Gasteiger partial charge < -0.3 is 15.7 Å². The minimum Gasteiger partial charge on any atom is -0.507 e. The van der Waals surface area contributed by atoms with Crippen LogP contribution in [0, 0.1) is 0 Å². The summed E-state index contributed by atoms with van der Waals surface area (Å²) in [5.41, 5.74) is 6.45. The molecule has 3 N–H and O–H groups in total. The summed E-state index contributed by atoms with van der Waals surface area (Å²) >= 11 is 3.23. The van der Waals surface area contributed by atoms with E-state index in [1.54, 1.807) is 12.1 Å². The molecule has 1 aliphatic rings. The Morgan fingerprint density at radius 3 is 2.60 bits per heavy atom. The first-order chi connectivity index (χ1) is 9.52. The first kappa shape index (κ1) is 15.3. The molecule has 110 valence electrons. The van der Waals surface area contributed by atoms with Crippen LogP contribution < -0.4 is 5.73 Å². The van der Waals surface area contributed by atoms with Crippen molar-refractivity contribution in [2.45, 2.75) is 44.7 Å². The predicted octanol–water partition coefficient (Wildman–Crippen LogP) is 2.89. The van der Waals surface area contributed by atoms with Gasteiger partial charge in [-0.1, -0.05) is 0 Å². The molecule has 0 bridgehead atoms. The Labute approximate surface area is 128 Å². The third kappa shape index (κ3) is 3.33. The number of phenolic OH excluding ortho intramolecular Hbond substituents is 1. The van der Waals surface area contributed by atoms with Crippen LogP contribution in [0.15, 0.2) is 22.7 Å². The van der Waals surface area contributed by atoms with Crippen LogP contribution in [-0.4, -0.2) is 34.5 Å². The van der Waals surface area contributed by atoms with E-state index in [2.05, 4.69) is 15.9 Å². The second-order valence-electron chi connectivity index (χ2n) is 5.33. The molecule has 0 aromatic heterocycles. The van der Waals surface area contributed by atoms with Crippen LogP contribution in [-0.2, 0) is 0 Å². The molecule has 1 fully saturated rings. The summed E-state index contributed by atoms with van der Waals surface area (Å²) in [5.74, 6) is 0.0772. The first-order valence-electron chi connectivity index (χ1n) is 7.08. The number of hydrogen-bond donors (Lipinski definition) is 2. The van der Waals surface area contributed by atoms with E-state index >= 15 is 0 Å². The lowest BCUT2D eigenvalue weighted by Crippen LogP contribution is -2.44. The van der Waals surface area contributed by atoms with Crippen LogP contribution in [0.1, 0.15) is 43.0 Å². The second kappa shape index (κ2) is 6.59. The fraction of sp³-hybridized carbons (Fsp3) is 0.533. The Balaban J connectivity index is 2.14. The van der Waals surface area contributed by atoms with Gasteiger partial charge >= 0.3 is 0 Å². The van der Waals surface area contributed by atoms with E-state index in [1.807, 2.05) is 11.8 Å². The van der Waals surface area contributed by atoms with Gasteiger partial charge in [0.2, 0.25) is 0 Å². The molecule has 0 saturated heterocycles. The number of hydrogen-bond acceptors (Lipinski definition) is 3. The monoisotopic (exact) mass is 340 g/mol. The molecule has 1 saturated carbocycles. The molecule has 4 nitrogen and oxygen atoms in total. The first-order valence-corrected chi connectivity index (χ1v) is 7.87. The van der Waals surface area contributed by atoms with Crippen molar-refractivity contribution in [1.29, 1.82) is 0 Å². The summed E-state index contributed by atoms with van der Waals surface area (Å²) in [6.45, 7) is 2.67. The summed E-state index contributed by atoms with van der Waals surface area (Å²) in [5, 5.41) is 9.71. The predicted molar refractivity (Wildman–Crippen MR) is 82.7 cm³/mol. The van der Waals surface area contributed by atoms with Crippen LogP contribution in [0.3, 0.4) is 0 Å². The van der Waals surface area contributed by atoms with E-state index in [-0.39, 0.29) is 23.7 Å². The van der Waals surface area contributed by atoms with Gasteiger partial charge in [0.25, 0.3) is 5.91 Å². The standard InChI is InChI=1S/C15H21BrN2O2/c1-2-18(12-6-4-11(17)5-7-12)15(20)10-3-8-13(16)14(19)9-10/h3,8-9,11-12,19H,2,4-7,17H2,1H3. The Morgan fingerprint density at radius 1 is 1.40 bits per heavy atom. The number of amides is 1. The summed E-state index contributed by atoms with van der Waals surface area (Å²) in [7, 11) is 0. The van der Waals surface area contributed by atoms with Crippen LogP contribution in [0.4, 0.5) is 0 Å². The van der Waals surface area contributed by atoms with Crippen molar-refractivity contribution >= 4 is 21.8 Å². The normalized spacial score (nSPS) is 22.6. The molecule has 1 aromatic carbocycles. The van der Waals surface area contributed by atoms with Crippen molar-refractivity contribution in [2.24, 2.45) is 5.73 Å². The largest absolute Gasteiger partial charge is 0.507 e. The lowest BCUT2D eigenvalue weighted by molar-refractivity contribution is 0.0640. The van der Waals surface area contributed by atoms with Crippen LogP contribution in [0.5, 0.6) is 5.75 Å². The average molecular weight is 341 g/mol. The molecule has 1 aliphatic carbocycles. The van der Waals surface area contributed by atoms with E-state index in [0.29, 0.717) is 16.6 Å². The minimum absolute atomic E-state index is 0.0178. The quantitative estimate of drug-likeness (QED) is 0.888. The van der Waals surface area contributed by atoms with Crippen LogP contribution in [0.2, 0.25) is 0 Å². The SMILES string of the molecule is CCN(C(=O)c1ccc(Br)c(O)c1)C1CCC(N)CC1. The summed E-state index contributed by atoms with van der Waals surface area (Å²) in [4.78, 5) is 14.5. The number of carbonyl (C=O) groups excluding carboxylic acids is 1. The van der Waals surface area contributed by atoms with Crippen molar-refractivity contribution in [2.75, 3.05) is 6.54 Å². The zero-order chi connectivity index (χ0) is 14.7. The lowest BCUT2D eigenvalue weighted by atomic mass is 9.90. The minimum atomic E-state index is -0.0178. The highest BCUT2D eigenvalue weighted by atomic mass is 79.9. The van der Waals surface area contributed by atoms with E-state index in [0.717, 1.165) is 25.7 Å². The highest BCUT2D eigenvalue weighted by Gasteiger charge is 2.27. The van der Waals surface area contributed by atoms with Gasteiger partial charge in [0.05, 0.1) is 4.47 Å². The summed E-state index contributed by atoms with van der Waals surface area (Å²) in [6.07, 6.45) is 3.87. The van der Waals surface area contributed by atoms with Crippen molar-refractivity contribution in [1.82, 2.24) is 4.90 Å². The third-order valence-corrected chi connectivity index (χ3v) is 4.65. The molecular formula is C15H21BrN2O2. The summed E-state index contributed by atoms with van der Waals surface area (Å²) in [6, 6.07) is 5.50. The summed E-state index contributed by atoms with van der Waals surface area (Å²) < 4.78 is 0.598. The Kier molecular flexibility index (Phi) is 5.05. The van der Waals surface area contributed by atoms with E-state index in [4.69, 9.17) is 5.73 Å². The van der Waals surface area contributed by atoms with Gasteiger partial charge in [0.1, 0.15) is 5.75 Å². The highest BCUT2D eigenvalue weighted by Crippen LogP contribution is 2.27. The molecule has 5 heteroatoms. The number of benzene rings is 1. The molecule has 0 aliphatic heterocycles. The van der Waals surface area contributed by atoms with Gasteiger partial charge in [-0.15, -0.1) is 0 Å². The maximum atomic E-state index is 12.6. The number of aromatic hydroxyl groups is 1. The topological polar surface area (TPSA) is 66.6 Å². The van der Waals surface area contributed by atoms with Crippen molar-refractivity contribution in [3.8, 4) is 5.75 Å². The molecule has 0 unspecified atom stereocenters. The second-order valence-corrected chi connectivity index (χ2v) is 6.18. The Hall–Kier alpha value is -1.07. The zero-order valence-corrected chi connectivity index (χ0v) is 13.3. The zero-order valence-electron chi connectivity index (χ0n) is 11.7. The van der Waals surface area contributed by atoms with Crippen molar-refractivity contribution in [3.05, 3.63) is 28.2 Å². The van der Waals surface area contributed by atoms with E-state index in [1.165, 1.54) is 6.07 Å². The molecule has 20 heavy (non-hydrogen) atoms. The van der Waals surface area contributed by atoms with E-state index in [9.17, 15) is 9.90 Å². The Bertz CT molecular complexity index is 485. The van der Waals surface area contributed by atoms with Gasteiger partial charge in [-0.3, -0.25) is 4.79 Å². The lowest BCUT2D eigenvalue weighted by Gasteiger charge is -2.35. The van der Waals surface area contributed by atoms with Gasteiger partial charge in [-0.2, -0.15) is 0 Å². The fourth-order valence-corrected chi connectivity index (χ4v) is 3.04. The van der Waals surface area contributed by atoms with Crippen molar-refractivity contribution < 1.29 is 9.90 Å². The number of nitrogens with zero attached hydrogens (tertiary/aromatic N) is 1. The number of carbonyl (C=O) groups is 1. The fourth-order valence-electron chi connectivity index (χ4n) is 2.79. The molecule has 2 rings (SSSR count). The van der Waals surface area contributed by atoms with Crippen LogP contribution >= 0.6 is 15.9 Å². The molecule has 0 spiro atoms. The van der Waals surface area contributed by atoms with E-state index < -0.39 is 0 Å². The highest BCUT2D eigenvalue weighted by molar-refractivity contribution is 9.10. The third-order valence-electron chi connectivity index (χ3n) is 3.98. The molecule has 0 atom stereocenters. The van der Waals surface area contributed by atoms with Gasteiger partial charge in [-0.25, -0.2) is 0 Å².